The Morgan fingerprint density at radius 2 is 2.00 bits per heavy atom. The summed E-state index contributed by atoms with van der Waals surface area (Å²) >= 11 is 0. The molecule has 0 aliphatic carbocycles. The maximum Gasteiger partial charge on any atom is 0.336 e. The van der Waals surface area contributed by atoms with E-state index in [2.05, 4.69) is 5.10 Å². The van der Waals surface area contributed by atoms with E-state index in [4.69, 9.17) is 5.11 Å². The molecule has 1 aromatic heterocycles. The van der Waals surface area contributed by atoms with Gasteiger partial charge in [0, 0.05) is 5.39 Å². The summed E-state index contributed by atoms with van der Waals surface area (Å²) in [6.07, 6.45) is 1.46. The van der Waals surface area contributed by atoms with Crippen molar-refractivity contribution in [2.45, 2.75) is 6.54 Å². The summed E-state index contributed by atoms with van der Waals surface area (Å²) in [4.78, 5) is 11.1. The SMILES string of the molecule is O=C(O)c1cccc2c1cnn2Cc1ccc(F)c(F)c1. The zero-order valence-corrected chi connectivity index (χ0v) is 10.8. The summed E-state index contributed by atoms with van der Waals surface area (Å²) in [5.74, 6) is -2.86. The summed E-state index contributed by atoms with van der Waals surface area (Å²) < 4.78 is 27.7. The Kier molecular flexibility index (Phi) is 3.13. The Balaban J connectivity index is 2.03. The van der Waals surface area contributed by atoms with E-state index in [-0.39, 0.29) is 12.1 Å². The summed E-state index contributed by atoms with van der Waals surface area (Å²) in [6, 6.07) is 8.47. The van der Waals surface area contributed by atoms with Crippen LogP contribution in [0.1, 0.15) is 15.9 Å². The van der Waals surface area contributed by atoms with Gasteiger partial charge in [0.15, 0.2) is 11.6 Å². The van der Waals surface area contributed by atoms with Gasteiger partial charge in [-0.15, -0.1) is 0 Å². The van der Waals surface area contributed by atoms with Crippen LogP contribution in [0.4, 0.5) is 8.78 Å². The molecule has 0 amide bonds. The van der Waals surface area contributed by atoms with Crippen LogP contribution in [0.5, 0.6) is 0 Å². The number of hydrogen-bond acceptors (Lipinski definition) is 2. The van der Waals surface area contributed by atoms with Crippen LogP contribution in [0, 0.1) is 11.6 Å². The first-order valence-corrected chi connectivity index (χ1v) is 6.18. The molecule has 0 aliphatic rings. The molecule has 106 valence electrons. The third-order valence-electron chi connectivity index (χ3n) is 3.23. The third kappa shape index (κ3) is 2.35. The fourth-order valence-electron chi connectivity index (χ4n) is 2.23. The van der Waals surface area contributed by atoms with E-state index in [9.17, 15) is 13.6 Å². The predicted molar refractivity (Wildman–Crippen MR) is 72.2 cm³/mol. The number of aromatic nitrogens is 2. The first-order valence-electron chi connectivity index (χ1n) is 6.18. The van der Waals surface area contributed by atoms with Gasteiger partial charge in [0.2, 0.25) is 0 Å². The van der Waals surface area contributed by atoms with Gasteiger partial charge in [0.1, 0.15) is 0 Å². The summed E-state index contributed by atoms with van der Waals surface area (Å²) in [6.45, 7) is 0.226. The van der Waals surface area contributed by atoms with Crippen molar-refractivity contribution in [3.8, 4) is 0 Å². The highest BCUT2D eigenvalue weighted by molar-refractivity contribution is 6.02. The fraction of sp³-hybridized carbons (Fsp3) is 0.0667. The molecule has 3 aromatic rings. The van der Waals surface area contributed by atoms with Gasteiger partial charge in [-0.2, -0.15) is 5.10 Å². The summed E-state index contributed by atoms with van der Waals surface area (Å²) in [5, 5.41) is 13.8. The maximum atomic E-state index is 13.2. The lowest BCUT2D eigenvalue weighted by Crippen LogP contribution is -2.03. The molecule has 0 spiro atoms. The second kappa shape index (κ2) is 4.97. The van der Waals surface area contributed by atoms with Crippen molar-refractivity contribution in [1.82, 2.24) is 9.78 Å². The van der Waals surface area contributed by atoms with Crippen LogP contribution in [0.15, 0.2) is 42.6 Å². The van der Waals surface area contributed by atoms with Gasteiger partial charge in [0.05, 0.1) is 23.8 Å². The van der Waals surface area contributed by atoms with Crippen molar-refractivity contribution in [1.29, 1.82) is 0 Å². The van der Waals surface area contributed by atoms with Gasteiger partial charge < -0.3 is 5.11 Å². The highest BCUT2D eigenvalue weighted by Crippen LogP contribution is 2.20. The number of hydrogen-bond donors (Lipinski definition) is 1. The van der Waals surface area contributed by atoms with Crippen LogP contribution < -0.4 is 0 Å². The Labute approximate surface area is 118 Å². The number of halogens is 2. The van der Waals surface area contributed by atoms with E-state index in [0.717, 1.165) is 12.1 Å². The van der Waals surface area contributed by atoms with E-state index >= 15 is 0 Å². The van der Waals surface area contributed by atoms with Crippen LogP contribution in [-0.2, 0) is 6.54 Å². The number of aromatic carboxylic acids is 1. The second-order valence-corrected chi connectivity index (χ2v) is 4.59. The molecule has 3 rings (SSSR count). The lowest BCUT2D eigenvalue weighted by Gasteiger charge is -2.05. The van der Waals surface area contributed by atoms with Gasteiger partial charge in [0.25, 0.3) is 0 Å². The molecule has 6 heteroatoms. The monoisotopic (exact) mass is 288 g/mol. The van der Waals surface area contributed by atoms with E-state index in [1.807, 2.05) is 0 Å². The number of carboxylic acid groups (broad SMARTS) is 1. The van der Waals surface area contributed by atoms with E-state index in [1.54, 1.807) is 16.8 Å². The molecule has 0 radical (unpaired) electrons. The van der Waals surface area contributed by atoms with Gasteiger partial charge in [-0.1, -0.05) is 12.1 Å². The minimum atomic E-state index is -1.03. The van der Waals surface area contributed by atoms with Gasteiger partial charge in [-0.25, -0.2) is 13.6 Å². The maximum absolute atomic E-state index is 13.2. The average Bonchev–Trinajstić information content (AvgIpc) is 2.86. The molecule has 0 atom stereocenters. The molecular weight excluding hydrogens is 278 g/mol. The molecule has 21 heavy (non-hydrogen) atoms. The largest absolute Gasteiger partial charge is 0.478 e. The van der Waals surface area contributed by atoms with Crippen molar-refractivity contribution in [2.24, 2.45) is 0 Å². The van der Waals surface area contributed by atoms with E-state index in [0.29, 0.717) is 16.5 Å². The van der Waals surface area contributed by atoms with Crippen LogP contribution in [-0.4, -0.2) is 20.9 Å². The molecule has 0 saturated heterocycles. The number of rotatable bonds is 3. The molecule has 0 bridgehead atoms. The molecule has 0 saturated carbocycles. The lowest BCUT2D eigenvalue weighted by molar-refractivity contribution is 0.0699. The van der Waals surface area contributed by atoms with Crippen molar-refractivity contribution < 1.29 is 18.7 Å². The number of carboxylic acids is 1. The van der Waals surface area contributed by atoms with Crippen molar-refractivity contribution in [2.75, 3.05) is 0 Å². The van der Waals surface area contributed by atoms with Gasteiger partial charge in [-0.05, 0) is 29.8 Å². The number of fused-ring (bicyclic) bond motifs is 1. The van der Waals surface area contributed by atoms with Crippen LogP contribution >= 0.6 is 0 Å². The zero-order chi connectivity index (χ0) is 15.0. The number of benzene rings is 2. The Morgan fingerprint density at radius 1 is 1.19 bits per heavy atom. The normalized spacial score (nSPS) is 11.0. The topological polar surface area (TPSA) is 55.1 Å². The molecule has 4 nitrogen and oxygen atoms in total. The zero-order valence-electron chi connectivity index (χ0n) is 10.8. The Morgan fingerprint density at radius 3 is 2.71 bits per heavy atom. The van der Waals surface area contributed by atoms with E-state index < -0.39 is 17.6 Å². The van der Waals surface area contributed by atoms with Crippen LogP contribution in [0.2, 0.25) is 0 Å². The van der Waals surface area contributed by atoms with E-state index in [1.165, 1.54) is 18.3 Å². The quantitative estimate of drug-likeness (QED) is 0.806. The molecular formula is C15H10F2N2O2. The second-order valence-electron chi connectivity index (χ2n) is 4.59. The van der Waals surface area contributed by atoms with Crippen LogP contribution in [0.3, 0.4) is 0 Å². The fourth-order valence-corrected chi connectivity index (χ4v) is 2.23. The van der Waals surface area contributed by atoms with Crippen molar-refractivity contribution >= 4 is 16.9 Å². The minimum absolute atomic E-state index is 0.157. The smallest absolute Gasteiger partial charge is 0.336 e. The molecule has 1 heterocycles. The number of carbonyl (C=O) groups is 1. The highest BCUT2D eigenvalue weighted by atomic mass is 19.2. The standard InChI is InChI=1S/C15H10F2N2O2/c16-12-5-4-9(6-13(12)17)8-19-14-3-1-2-10(15(20)21)11(14)7-18-19/h1-7H,8H2,(H,20,21). The third-order valence-corrected chi connectivity index (χ3v) is 3.23. The van der Waals surface area contributed by atoms with Gasteiger partial charge in [-0.3, -0.25) is 4.68 Å². The molecule has 0 unspecified atom stereocenters. The lowest BCUT2D eigenvalue weighted by atomic mass is 10.1. The van der Waals surface area contributed by atoms with Crippen LogP contribution in [0.25, 0.3) is 10.9 Å². The molecule has 1 N–H and O–H groups in total. The molecule has 0 fully saturated rings. The minimum Gasteiger partial charge on any atom is -0.478 e. The highest BCUT2D eigenvalue weighted by Gasteiger charge is 2.12. The number of nitrogens with zero attached hydrogens (tertiary/aromatic N) is 2. The first kappa shape index (κ1) is 13.2. The van der Waals surface area contributed by atoms with Crippen molar-refractivity contribution in [3.05, 3.63) is 65.4 Å². The summed E-state index contributed by atoms with van der Waals surface area (Å²) in [7, 11) is 0. The molecule has 0 aliphatic heterocycles. The van der Waals surface area contributed by atoms with Crippen molar-refractivity contribution in [3.63, 3.8) is 0 Å². The van der Waals surface area contributed by atoms with Gasteiger partial charge >= 0.3 is 5.97 Å². The Bertz CT molecular complexity index is 843. The predicted octanol–water partition coefficient (Wildman–Crippen LogP) is 3.06. The Hall–Kier alpha value is -2.76. The average molecular weight is 288 g/mol. The first-order chi connectivity index (χ1) is 10.1. The summed E-state index contributed by atoms with van der Waals surface area (Å²) in [5.41, 5.74) is 1.32. The molecule has 2 aromatic carbocycles.